The molecule has 0 aromatic heterocycles. The van der Waals surface area contributed by atoms with E-state index < -0.39 is 35.0 Å². The molecule has 0 aliphatic carbocycles. The number of carbonyl (C=O) groups is 2. The Morgan fingerprint density at radius 1 is 0.870 bits per heavy atom. The van der Waals surface area contributed by atoms with E-state index in [-0.39, 0.29) is 11.3 Å². The molecule has 0 unspecified atom stereocenters. The van der Waals surface area contributed by atoms with Crippen LogP contribution in [0.4, 0.5) is 24.5 Å². The molecule has 2 rings (SSSR count). The van der Waals surface area contributed by atoms with Crippen molar-refractivity contribution >= 4 is 23.2 Å². The van der Waals surface area contributed by atoms with E-state index in [1.165, 1.54) is 18.2 Å². The molecule has 8 heteroatoms. The molecule has 2 aromatic rings. The first-order chi connectivity index (χ1) is 10.9. The second-order valence-electron chi connectivity index (χ2n) is 4.29. The summed E-state index contributed by atoms with van der Waals surface area (Å²) in [5.41, 5.74) is -0.480. The van der Waals surface area contributed by atoms with Crippen LogP contribution in [0, 0.1) is 28.8 Å². The summed E-state index contributed by atoms with van der Waals surface area (Å²) < 4.78 is 39.3. The van der Waals surface area contributed by atoms with Crippen molar-refractivity contribution in [3.8, 4) is 6.07 Å². The molecule has 23 heavy (non-hydrogen) atoms. The topological polar surface area (TPSA) is 82.0 Å². The van der Waals surface area contributed by atoms with Gasteiger partial charge in [-0.05, 0) is 24.3 Å². The Morgan fingerprint density at radius 3 is 2.13 bits per heavy atom. The normalized spacial score (nSPS) is 9.83. The maximum Gasteiger partial charge on any atom is 0.314 e. The number of nitriles is 1. The standard InChI is InChI=1S/C15H8F3N3O2/c16-9-5-6-11(13(18)12(9)17)21-15(23)14(22)20-10-4-2-1-3-8(10)7-19/h1-6H,(H,20,22)(H,21,23). The fourth-order valence-corrected chi connectivity index (χ4v) is 1.67. The largest absolute Gasteiger partial charge is 0.317 e. The van der Waals surface area contributed by atoms with Crippen LogP contribution in [0.2, 0.25) is 0 Å². The third-order valence-electron chi connectivity index (χ3n) is 2.79. The van der Waals surface area contributed by atoms with Gasteiger partial charge in [-0.2, -0.15) is 5.26 Å². The Labute approximate surface area is 128 Å². The van der Waals surface area contributed by atoms with Crippen LogP contribution in [-0.4, -0.2) is 11.8 Å². The molecule has 116 valence electrons. The van der Waals surface area contributed by atoms with Gasteiger partial charge in [-0.1, -0.05) is 12.1 Å². The summed E-state index contributed by atoms with van der Waals surface area (Å²) in [4.78, 5) is 23.4. The zero-order valence-electron chi connectivity index (χ0n) is 11.4. The number of rotatable bonds is 2. The number of hydrogen-bond acceptors (Lipinski definition) is 3. The Bertz CT molecular complexity index is 831. The van der Waals surface area contributed by atoms with Crippen molar-refractivity contribution in [1.29, 1.82) is 5.26 Å². The molecule has 5 nitrogen and oxygen atoms in total. The average Bonchev–Trinajstić information content (AvgIpc) is 2.55. The minimum atomic E-state index is -1.77. The van der Waals surface area contributed by atoms with Gasteiger partial charge >= 0.3 is 11.8 Å². The zero-order valence-corrected chi connectivity index (χ0v) is 11.4. The molecule has 0 radical (unpaired) electrons. The predicted molar refractivity (Wildman–Crippen MR) is 74.7 cm³/mol. The molecule has 2 amide bonds. The molecule has 0 atom stereocenters. The molecule has 2 N–H and O–H groups in total. The molecule has 0 saturated carbocycles. The van der Waals surface area contributed by atoms with Gasteiger partial charge in [0.2, 0.25) is 0 Å². The molecule has 0 saturated heterocycles. The maximum absolute atomic E-state index is 13.4. The van der Waals surface area contributed by atoms with Crippen molar-refractivity contribution in [2.24, 2.45) is 0 Å². The minimum absolute atomic E-state index is 0.0842. The van der Waals surface area contributed by atoms with Crippen LogP contribution in [0.25, 0.3) is 0 Å². The number of hydrogen-bond donors (Lipinski definition) is 2. The fourth-order valence-electron chi connectivity index (χ4n) is 1.67. The second-order valence-corrected chi connectivity index (χ2v) is 4.29. The Balaban J connectivity index is 2.14. The lowest BCUT2D eigenvalue weighted by atomic mass is 10.2. The van der Waals surface area contributed by atoms with Gasteiger partial charge in [-0.3, -0.25) is 9.59 Å². The van der Waals surface area contributed by atoms with Gasteiger partial charge in [0.25, 0.3) is 0 Å². The molecule has 2 aromatic carbocycles. The first-order valence-electron chi connectivity index (χ1n) is 6.19. The van der Waals surface area contributed by atoms with Gasteiger partial charge in [0.1, 0.15) is 6.07 Å². The lowest BCUT2D eigenvalue weighted by Crippen LogP contribution is -2.29. The summed E-state index contributed by atoms with van der Waals surface area (Å²) in [6.45, 7) is 0. The van der Waals surface area contributed by atoms with E-state index in [1.54, 1.807) is 6.07 Å². The quantitative estimate of drug-likeness (QED) is 0.659. The first-order valence-corrected chi connectivity index (χ1v) is 6.19. The van der Waals surface area contributed by atoms with Crippen LogP contribution >= 0.6 is 0 Å². The SMILES string of the molecule is N#Cc1ccccc1NC(=O)C(=O)Nc1ccc(F)c(F)c1F. The number of nitrogens with one attached hydrogen (secondary N) is 2. The van der Waals surface area contributed by atoms with Crippen molar-refractivity contribution in [3.63, 3.8) is 0 Å². The highest BCUT2D eigenvalue weighted by atomic mass is 19.2. The Morgan fingerprint density at radius 2 is 1.48 bits per heavy atom. The van der Waals surface area contributed by atoms with Gasteiger partial charge in [0.15, 0.2) is 17.5 Å². The zero-order chi connectivity index (χ0) is 17.0. The number of amides is 2. The van der Waals surface area contributed by atoms with E-state index in [2.05, 4.69) is 5.32 Å². The van der Waals surface area contributed by atoms with Gasteiger partial charge < -0.3 is 10.6 Å². The van der Waals surface area contributed by atoms with Crippen LogP contribution in [-0.2, 0) is 9.59 Å². The molecule has 0 aliphatic rings. The van der Waals surface area contributed by atoms with Gasteiger partial charge in [0, 0.05) is 0 Å². The van der Waals surface area contributed by atoms with Gasteiger partial charge in [-0.15, -0.1) is 0 Å². The minimum Gasteiger partial charge on any atom is -0.317 e. The second kappa shape index (κ2) is 6.62. The predicted octanol–water partition coefficient (Wildman–Crippen LogP) is 2.55. The first kappa shape index (κ1) is 16.0. The van der Waals surface area contributed by atoms with Crippen LogP contribution in [0.3, 0.4) is 0 Å². The highest BCUT2D eigenvalue weighted by Crippen LogP contribution is 2.20. The molecule has 0 aliphatic heterocycles. The van der Waals surface area contributed by atoms with Crippen molar-refractivity contribution in [3.05, 3.63) is 59.4 Å². The van der Waals surface area contributed by atoms with Crippen molar-refractivity contribution in [2.75, 3.05) is 10.6 Å². The third-order valence-corrected chi connectivity index (χ3v) is 2.79. The molecular weight excluding hydrogens is 311 g/mol. The summed E-state index contributed by atoms with van der Waals surface area (Å²) in [6, 6.07) is 9.10. The van der Waals surface area contributed by atoms with Crippen LogP contribution in [0.1, 0.15) is 5.56 Å². The maximum atomic E-state index is 13.4. The van der Waals surface area contributed by atoms with Crippen molar-refractivity contribution in [1.82, 2.24) is 0 Å². The van der Waals surface area contributed by atoms with Crippen LogP contribution in [0.15, 0.2) is 36.4 Å². The number of benzene rings is 2. The summed E-state index contributed by atoms with van der Waals surface area (Å²) in [5.74, 6) is -7.31. The summed E-state index contributed by atoms with van der Waals surface area (Å²) in [5, 5.41) is 12.9. The number of para-hydroxylation sites is 1. The molecule has 0 heterocycles. The summed E-state index contributed by atoms with van der Waals surface area (Å²) in [7, 11) is 0. The van der Waals surface area contributed by atoms with E-state index in [0.29, 0.717) is 6.07 Å². The smallest absolute Gasteiger partial charge is 0.314 e. The highest BCUT2D eigenvalue weighted by Gasteiger charge is 2.20. The summed E-state index contributed by atoms with van der Waals surface area (Å²) >= 11 is 0. The lowest BCUT2D eigenvalue weighted by Gasteiger charge is -2.08. The van der Waals surface area contributed by atoms with E-state index >= 15 is 0 Å². The van der Waals surface area contributed by atoms with Crippen LogP contribution in [0.5, 0.6) is 0 Å². The molecule has 0 bridgehead atoms. The van der Waals surface area contributed by atoms with Gasteiger partial charge in [-0.25, -0.2) is 13.2 Å². The fraction of sp³-hybridized carbons (Fsp3) is 0. The van der Waals surface area contributed by atoms with E-state index in [1.807, 2.05) is 11.4 Å². The lowest BCUT2D eigenvalue weighted by molar-refractivity contribution is -0.133. The number of halogens is 3. The van der Waals surface area contributed by atoms with Crippen molar-refractivity contribution < 1.29 is 22.8 Å². The van der Waals surface area contributed by atoms with Crippen LogP contribution < -0.4 is 10.6 Å². The third kappa shape index (κ3) is 3.47. The molecule has 0 fully saturated rings. The van der Waals surface area contributed by atoms with E-state index in [9.17, 15) is 22.8 Å². The van der Waals surface area contributed by atoms with Gasteiger partial charge in [0.05, 0.1) is 16.9 Å². The number of carbonyl (C=O) groups excluding carboxylic acids is 2. The summed E-state index contributed by atoms with van der Waals surface area (Å²) in [6.07, 6.45) is 0. The number of anilines is 2. The van der Waals surface area contributed by atoms with E-state index in [4.69, 9.17) is 5.26 Å². The highest BCUT2D eigenvalue weighted by molar-refractivity contribution is 6.43. The Hall–Kier alpha value is -3.34. The van der Waals surface area contributed by atoms with E-state index in [0.717, 1.165) is 6.07 Å². The monoisotopic (exact) mass is 319 g/mol. The Kier molecular flexibility index (Phi) is 4.61. The number of nitrogens with zero attached hydrogens (tertiary/aromatic N) is 1. The molecular formula is C15H8F3N3O2. The van der Waals surface area contributed by atoms with Crippen molar-refractivity contribution in [2.45, 2.75) is 0 Å². The average molecular weight is 319 g/mol. The molecule has 0 spiro atoms.